The molecule has 0 fully saturated rings. The Bertz CT molecular complexity index is 674. The monoisotopic (exact) mass is 266 g/mol. The van der Waals surface area contributed by atoms with Gasteiger partial charge < -0.3 is 10.2 Å². The van der Waals surface area contributed by atoms with Crippen LogP contribution < -0.4 is 0 Å². The fourth-order valence-electron chi connectivity index (χ4n) is 2.43. The summed E-state index contributed by atoms with van der Waals surface area (Å²) in [6.45, 7) is 11.3. The maximum atomic E-state index is 10.2. The van der Waals surface area contributed by atoms with Gasteiger partial charge >= 0.3 is 0 Å². The van der Waals surface area contributed by atoms with Crippen molar-refractivity contribution in [1.29, 1.82) is 0 Å². The molecule has 0 aliphatic rings. The van der Waals surface area contributed by atoms with Gasteiger partial charge in [-0.05, 0) is 59.9 Å². The van der Waals surface area contributed by atoms with Gasteiger partial charge in [-0.15, -0.1) is 0 Å². The van der Waals surface area contributed by atoms with Crippen LogP contribution in [0.25, 0.3) is 23.3 Å². The van der Waals surface area contributed by atoms with Crippen molar-refractivity contribution in [3.8, 4) is 22.6 Å². The molecule has 0 atom stereocenters. The first kappa shape index (κ1) is 13.9. The molecule has 0 unspecified atom stereocenters. The third kappa shape index (κ3) is 2.21. The van der Waals surface area contributed by atoms with Gasteiger partial charge in [-0.2, -0.15) is 0 Å². The molecule has 0 spiro atoms. The van der Waals surface area contributed by atoms with Crippen molar-refractivity contribution >= 4 is 12.2 Å². The summed E-state index contributed by atoms with van der Waals surface area (Å²) < 4.78 is 0. The molecule has 102 valence electrons. The molecular formula is C18H18O2. The maximum Gasteiger partial charge on any atom is 0.124 e. The normalized spacial score (nSPS) is 10.3. The zero-order chi connectivity index (χ0) is 14.9. The van der Waals surface area contributed by atoms with Gasteiger partial charge in [0, 0.05) is 5.56 Å². The Kier molecular flexibility index (Phi) is 3.66. The number of aryl methyl sites for hydroxylation is 2. The lowest BCUT2D eigenvalue weighted by molar-refractivity contribution is 0.466. The van der Waals surface area contributed by atoms with Crippen LogP contribution in [0.4, 0.5) is 0 Å². The second-order valence-electron chi connectivity index (χ2n) is 4.83. The van der Waals surface area contributed by atoms with Crippen molar-refractivity contribution in [3.05, 3.63) is 59.7 Å². The number of hydrogen-bond acceptors (Lipinski definition) is 2. The van der Waals surface area contributed by atoms with E-state index in [1.54, 1.807) is 18.2 Å². The molecule has 2 aromatic carbocycles. The van der Waals surface area contributed by atoms with Crippen LogP contribution in [0.3, 0.4) is 0 Å². The number of aromatic hydroxyl groups is 2. The van der Waals surface area contributed by atoms with Crippen LogP contribution in [0.15, 0.2) is 37.4 Å². The fraction of sp³-hybridized carbons (Fsp3) is 0.111. The third-order valence-electron chi connectivity index (χ3n) is 3.46. The summed E-state index contributed by atoms with van der Waals surface area (Å²) in [7, 11) is 0. The third-order valence-corrected chi connectivity index (χ3v) is 3.46. The molecule has 2 aromatic rings. The molecule has 2 N–H and O–H groups in total. The van der Waals surface area contributed by atoms with E-state index in [2.05, 4.69) is 13.2 Å². The minimum absolute atomic E-state index is 0.190. The molecule has 0 saturated heterocycles. The SMILES string of the molecule is C=Cc1ccc(O)c(-c2cc(C)c(O)c(C)c2)c1C=C. The minimum Gasteiger partial charge on any atom is -0.507 e. The number of phenols is 2. The maximum absolute atomic E-state index is 10.2. The van der Waals surface area contributed by atoms with E-state index in [0.717, 1.165) is 27.8 Å². The standard InChI is InChI=1S/C18H18O2/c1-5-13-7-8-16(19)17(15(13)6-2)14-9-11(3)18(20)12(4)10-14/h5-10,19-20H,1-2H2,3-4H3. The highest BCUT2D eigenvalue weighted by Gasteiger charge is 2.14. The van der Waals surface area contributed by atoms with Crippen molar-refractivity contribution in [1.82, 2.24) is 0 Å². The van der Waals surface area contributed by atoms with E-state index >= 15 is 0 Å². The second kappa shape index (κ2) is 5.25. The average Bonchev–Trinajstić information content (AvgIpc) is 2.43. The molecule has 0 amide bonds. The van der Waals surface area contributed by atoms with E-state index in [1.807, 2.05) is 32.0 Å². The Hall–Kier alpha value is -2.48. The smallest absolute Gasteiger partial charge is 0.124 e. The lowest BCUT2D eigenvalue weighted by Crippen LogP contribution is -1.91. The zero-order valence-electron chi connectivity index (χ0n) is 11.8. The van der Waals surface area contributed by atoms with Gasteiger partial charge in [0.1, 0.15) is 11.5 Å². The molecule has 0 radical (unpaired) electrons. The predicted octanol–water partition coefficient (Wildman–Crippen LogP) is 4.67. The molecule has 0 heterocycles. The zero-order valence-corrected chi connectivity index (χ0v) is 11.8. The van der Waals surface area contributed by atoms with Crippen LogP contribution in [0.2, 0.25) is 0 Å². The number of phenolic OH excluding ortho intramolecular Hbond substituents is 2. The Balaban J connectivity index is 2.81. The first-order valence-electron chi connectivity index (χ1n) is 6.41. The van der Waals surface area contributed by atoms with Crippen molar-refractivity contribution in [2.24, 2.45) is 0 Å². The Morgan fingerprint density at radius 2 is 1.55 bits per heavy atom. The van der Waals surface area contributed by atoms with Crippen molar-refractivity contribution in [2.75, 3.05) is 0 Å². The predicted molar refractivity (Wildman–Crippen MR) is 84.9 cm³/mol. The fourth-order valence-corrected chi connectivity index (χ4v) is 2.43. The number of benzene rings is 2. The van der Waals surface area contributed by atoms with E-state index < -0.39 is 0 Å². The van der Waals surface area contributed by atoms with Crippen molar-refractivity contribution < 1.29 is 10.2 Å². The first-order valence-corrected chi connectivity index (χ1v) is 6.41. The molecule has 0 aliphatic carbocycles. The number of rotatable bonds is 3. The summed E-state index contributed by atoms with van der Waals surface area (Å²) in [5, 5.41) is 20.1. The molecule has 2 nitrogen and oxygen atoms in total. The van der Waals surface area contributed by atoms with E-state index in [0.29, 0.717) is 5.56 Å². The highest BCUT2D eigenvalue weighted by Crippen LogP contribution is 2.38. The summed E-state index contributed by atoms with van der Waals surface area (Å²) in [4.78, 5) is 0. The van der Waals surface area contributed by atoms with Crippen LogP contribution >= 0.6 is 0 Å². The van der Waals surface area contributed by atoms with Crippen molar-refractivity contribution in [2.45, 2.75) is 13.8 Å². The van der Waals surface area contributed by atoms with E-state index in [-0.39, 0.29) is 11.5 Å². The van der Waals surface area contributed by atoms with Crippen LogP contribution in [0.5, 0.6) is 11.5 Å². The molecule has 0 saturated carbocycles. The van der Waals surface area contributed by atoms with Crippen LogP contribution in [-0.4, -0.2) is 10.2 Å². The first-order chi connectivity index (χ1) is 9.49. The molecule has 0 bridgehead atoms. The molecule has 2 rings (SSSR count). The number of hydrogen-bond donors (Lipinski definition) is 2. The quantitative estimate of drug-likeness (QED) is 0.847. The average molecular weight is 266 g/mol. The van der Waals surface area contributed by atoms with Gasteiger partial charge in [0.25, 0.3) is 0 Å². The van der Waals surface area contributed by atoms with Gasteiger partial charge in [0.2, 0.25) is 0 Å². The van der Waals surface area contributed by atoms with Gasteiger partial charge in [0.05, 0.1) is 0 Å². The summed E-state index contributed by atoms with van der Waals surface area (Å²) in [6.07, 6.45) is 3.45. The Morgan fingerprint density at radius 1 is 0.950 bits per heavy atom. The van der Waals surface area contributed by atoms with Crippen molar-refractivity contribution in [3.63, 3.8) is 0 Å². The topological polar surface area (TPSA) is 40.5 Å². The van der Waals surface area contributed by atoms with Gasteiger partial charge in [-0.25, -0.2) is 0 Å². The molecule has 20 heavy (non-hydrogen) atoms. The summed E-state index contributed by atoms with van der Waals surface area (Å²) in [5.41, 5.74) is 4.87. The van der Waals surface area contributed by atoms with E-state index in [4.69, 9.17) is 0 Å². The van der Waals surface area contributed by atoms with Gasteiger partial charge in [-0.3, -0.25) is 0 Å². The van der Waals surface area contributed by atoms with Gasteiger partial charge in [0.15, 0.2) is 0 Å². The summed E-state index contributed by atoms with van der Waals surface area (Å²) in [6, 6.07) is 7.17. The molecule has 0 aliphatic heterocycles. The highest BCUT2D eigenvalue weighted by atomic mass is 16.3. The molecule has 2 heteroatoms. The largest absolute Gasteiger partial charge is 0.507 e. The summed E-state index contributed by atoms with van der Waals surface area (Å²) >= 11 is 0. The molecule has 0 aromatic heterocycles. The lowest BCUT2D eigenvalue weighted by Gasteiger charge is -2.14. The van der Waals surface area contributed by atoms with Crippen LogP contribution in [0.1, 0.15) is 22.3 Å². The lowest BCUT2D eigenvalue weighted by atomic mass is 9.92. The highest BCUT2D eigenvalue weighted by molar-refractivity contribution is 5.85. The molecular weight excluding hydrogens is 248 g/mol. The Labute approximate surface area is 119 Å². The summed E-state index contributed by atoms with van der Waals surface area (Å²) in [5.74, 6) is 0.475. The van der Waals surface area contributed by atoms with E-state index in [9.17, 15) is 10.2 Å². The van der Waals surface area contributed by atoms with Crippen LogP contribution in [-0.2, 0) is 0 Å². The second-order valence-corrected chi connectivity index (χ2v) is 4.83. The Morgan fingerprint density at radius 3 is 2.05 bits per heavy atom. The van der Waals surface area contributed by atoms with E-state index in [1.165, 1.54) is 0 Å². The van der Waals surface area contributed by atoms with Crippen LogP contribution in [0, 0.1) is 13.8 Å². The minimum atomic E-state index is 0.190. The van der Waals surface area contributed by atoms with Gasteiger partial charge in [-0.1, -0.05) is 31.4 Å².